The van der Waals surface area contributed by atoms with Gasteiger partial charge in [0.25, 0.3) is 0 Å². The summed E-state index contributed by atoms with van der Waals surface area (Å²) in [7, 11) is 4.22. The van der Waals surface area contributed by atoms with E-state index < -0.39 is 0 Å². The van der Waals surface area contributed by atoms with Crippen LogP contribution in [0.3, 0.4) is 0 Å². The third-order valence-electron chi connectivity index (χ3n) is 2.81. The molecule has 0 saturated carbocycles. The van der Waals surface area contributed by atoms with E-state index in [1.165, 1.54) is 17.0 Å². The Balaban J connectivity index is 1.95. The first-order valence-electron chi connectivity index (χ1n) is 6.04. The molecule has 0 fully saturated rings. The molecule has 0 aromatic carbocycles. The second-order valence-electron chi connectivity index (χ2n) is 4.61. The van der Waals surface area contributed by atoms with Gasteiger partial charge in [0.1, 0.15) is 0 Å². The third kappa shape index (κ3) is 3.83. The molecule has 2 heterocycles. The number of aromatic nitrogens is 2. The van der Waals surface area contributed by atoms with Gasteiger partial charge in [-0.3, -0.25) is 0 Å². The van der Waals surface area contributed by atoms with E-state index in [0.717, 1.165) is 19.5 Å². The van der Waals surface area contributed by atoms with Crippen molar-refractivity contribution in [1.82, 2.24) is 14.5 Å². The molecule has 3 nitrogen and oxygen atoms in total. The van der Waals surface area contributed by atoms with Crippen molar-refractivity contribution in [2.75, 3.05) is 20.6 Å². The summed E-state index contributed by atoms with van der Waals surface area (Å²) >= 11 is 7.40. The van der Waals surface area contributed by atoms with E-state index >= 15 is 0 Å². The van der Waals surface area contributed by atoms with Crippen LogP contribution in [0.5, 0.6) is 0 Å². The molecule has 0 N–H and O–H groups in total. The zero-order valence-electron chi connectivity index (χ0n) is 10.8. The van der Waals surface area contributed by atoms with Crippen molar-refractivity contribution < 1.29 is 0 Å². The van der Waals surface area contributed by atoms with Gasteiger partial charge in [0, 0.05) is 23.0 Å². The van der Waals surface area contributed by atoms with Gasteiger partial charge in [-0.2, -0.15) is 0 Å². The zero-order valence-corrected chi connectivity index (χ0v) is 12.3. The molecule has 0 unspecified atom stereocenters. The molecular formula is C13H18ClN3S. The number of nitrogens with zero attached hydrogens (tertiary/aromatic N) is 3. The van der Waals surface area contributed by atoms with E-state index in [1.54, 1.807) is 11.3 Å². The van der Waals surface area contributed by atoms with Crippen molar-refractivity contribution in [3.05, 3.63) is 39.6 Å². The molecule has 0 radical (unpaired) electrons. The van der Waals surface area contributed by atoms with Crippen LogP contribution in [0.2, 0.25) is 4.47 Å². The summed E-state index contributed by atoms with van der Waals surface area (Å²) in [5, 5.41) is 0. The van der Waals surface area contributed by atoms with E-state index in [4.69, 9.17) is 11.6 Å². The number of rotatable bonds is 6. The molecule has 2 rings (SSSR count). The lowest BCUT2D eigenvalue weighted by atomic mass is 10.2. The smallest absolute Gasteiger partial charge is 0.183 e. The number of thiazole rings is 1. The van der Waals surface area contributed by atoms with Gasteiger partial charge in [0.2, 0.25) is 0 Å². The Labute approximate surface area is 117 Å². The maximum Gasteiger partial charge on any atom is 0.183 e. The van der Waals surface area contributed by atoms with Crippen molar-refractivity contribution in [1.29, 1.82) is 0 Å². The minimum atomic E-state index is 0.617. The first kappa shape index (κ1) is 13.6. The third-order valence-corrected chi connectivity index (χ3v) is 3.91. The maximum absolute atomic E-state index is 5.85. The lowest BCUT2D eigenvalue weighted by Crippen LogP contribution is -2.14. The molecular weight excluding hydrogens is 266 g/mol. The topological polar surface area (TPSA) is 21.1 Å². The van der Waals surface area contributed by atoms with Gasteiger partial charge >= 0.3 is 0 Å². The molecule has 0 bridgehead atoms. The molecule has 2 aromatic rings. The van der Waals surface area contributed by atoms with Gasteiger partial charge in [-0.1, -0.05) is 11.6 Å². The molecule has 0 amide bonds. The summed E-state index contributed by atoms with van der Waals surface area (Å²) in [6.45, 7) is 1.99. The maximum atomic E-state index is 5.85. The summed E-state index contributed by atoms with van der Waals surface area (Å²) in [4.78, 5) is 7.49. The largest absolute Gasteiger partial charge is 0.346 e. The minimum Gasteiger partial charge on any atom is -0.346 e. The Morgan fingerprint density at radius 2 is 2.28 bits per heavy atom. The second kappa shape index (κ2) is 6.36. The fourth-order valence-electron chi connectivity index (χ4n) is 1.93. The van der Waals surface area contributed by atoms with Crippen LogP contribution in [0.25, 0.3) is 0 Å². The monoisotopic (exact) mass is 283 g/mol. The number of hydrogen-bond acceptors (Lipinski definition) is 3. The van der Waals surface area contributed by atoms with Crippen LogP contribution < -0.4 is 0 Å². The highest BCUT2D eigenvalue weighted by molar-refractivity contribution is 7.15. The summed E-state index contributed by atoms with van der Waals surface area (Å²) in [5.41, 5.74) is 1.38. The van der Waals surface area contributed by atoms with Crippen molar-refractivity contribution in [2.45, 2.75) is 19.4 Å². The molecule has 0 aliphatic heterocycles. The second-order valence-corrected chi connectivity index (χ2v) is 6.31. The Bertz CT molecular complexity index is 490. The van der Waals surface area contributed by atoms with Gasteiger partial charge in [-0.25, -0.2) is 4.98 Å². The Kier molecular flexibility index (Phi) is 4.80. The fourth-order valence-corrected chi connectivity index (χ4v) is 2.91. The van der Waals surface area contributed by atoms with Crippen LogP contribution in [0.15, 0.2) is 24.5 Å². The molecule has 98 valence electrons. The van der Waals surface area contributed by atoms with Gasteiger partial charge < -0.3 is 9.47 Å². The van der Waals surface area contributed by atoms with E-state index in [0.29, 0.717) is 4.47 Å². The average Bonchev–Trinajstić information content (AvgIpc) is 2.89. The number of hydrogen-bond donors (Lipinski definition) is 0. The fraction of sp³-hybridized carbons (Fsp3) is 0.462. The normalized spacial score (nSPS) is 11.3. The summed E-state index contributed by atoms with van der Waals surface area (Å²) in [6, 6.07) is 4.30. The lowest BCUT2D eigenvalue weighted by Gasteiger charge is -2.11. The minimum absolute atomic E-state index is 0.617. The van der Waals surface area contributed by atoms with Crippen molar-refractivity contribution >= 4 is 22.9 Å². The molecule has 5 heteroatoms. The van der Waals surface area contributed by atoms with E-state index in [1.807, 2.05) is 6.20 Å². The van der Waals surface area contributed by atoms with Gasteiger partial charge in [0.05, 0.1) is 6.54 Å². The Hall–Kier alpha value is -0.840. The predicted molar refractivity (Wildman–Crippen MR) is 77.5 cm³/mol. The van der Waals surface area contributed by atoms with E-state index in [9.17, 15) is 0 Å². The zero-order chi connectivity index (χ0) is 13.0. The van der Waals surface area contributed by atoms with Crippen LogP contribution in [0, 0.1) is 0 Å². The molecule has 0 aliphatic rings. The molecule has 2 aromatic heterocycles. The van der Waals surface area contributed by atoms with Crippen LogP contribution in [-0.4, -0.2) is 35.1 Å². The highest BCUT2D eigenvalue weighted by atomic mass is 35.5. The van der Waals surface area contributed by atoms with Crippen molar-refractivity contribution in [3.63, 3.8) is 0 Å². The van der Waals surface area contributed by atoms with E-state index in [2.05, 4.69) is 46.9 Å². The van der Waals surface area contributed by atoms with Crippen molar-refractivity contribution in [2.24, 2.45) is 0 Å². The van der Waals surface area contributed by atoms with Gasteiger partial charge in [-0.05, 0) is 45.6 Å². The van der Waals surface area contributed by atoms with Gasteiger partial charge in [0.15, 0.2) is 4.47 Å². The highest BCUT2D eigenvalue weighted by Gasteiger charge is 2.05. The molecule has 0 atom stereocenters. The average molecular weight is 284 g/mol. The van der Waals surface area contributed by atoms with Crippen LogP contribution in [0.4, 0.5) is 0 Å². The van der Waals surface area contributed by atoms with Crippen LogP contribution >= 0.6 is 22.9 Å². The SMILES string of the molecule is CN(C)CCCc1cccn1Cc1cnc(Cl)s1. The van der Waals surface area contributed by atoms with Gasteiger partial charge in [-0.15, -0.1) is 11.3 Å². The Morgan fingerprint density at radius 3 is 2.94 bits per heavy atom. The van der Waals surface area contributed by atoms with Crippen LogP contribution in [-0.2, 0) is 13.0 Å². The van der Waals surface area contributed by atoms with Crippen molar-refractivity contribution in [3.8, 4) is 0 Å². The molecule has 0 saturated heterocycles. The molecule has 0 aliphatic carbocycles. The molecule has 18 heavy (non-hydrogen) atoms. The Morgan fingerprint density at radius 1 is 1.44 bits per heavy atom. The van der Waals surface area contributed by atoms with E-state index in [-0.39, 0.29) is 0 Å². The summed E-state index contributed by atoms with van der Waals surface area (Å²) < 4.78 is 2.89. The number of aryl methyl sites for hydroxylation is 1. The summed E-state index contributed by atoms with van der Waals surface area (Å²) in [5.74, 6) is 0. The molecule has 0 spiro atoms. The first-order chi connectivity index (χ1) is 8.65. The first-order valence-corrected chi connectivity index (χ1v) is 7.23. The quantitative estimate of drug-likeness (QED) is 0.812. The highest BCUT2D eigenvalue weighted by Crippen LogP contribution is 2.19. The number of halogens is 1. The summed E-state index contributed by atoms with van der Waals surface area (Å²) in [6.07, 6.45) is 6.27. The standard InChI is InChI=1S/C13H18ClN3S/c1-16(2)7-3-5-11-6-4-8-17(11)10-12-9-15-13(14)18-12/h4,6,8-9H,3,5,7,10H2,1-2H3. The van der Waals surface area contributed by atoms with Crippen LogP contribution in [0.1, 0.15) is 17.0 Å². The lowest BCUT2D eigenvalue weighted by molar-refractivity contribution is 0.398. The predicted octanol–water partition coefficient (Wildman–Crippen LogP) is 3.14.